The first kappa shape index (κ1) is 13.6. The molecule has 1 heterocycles. The molecule has 0 radical (unpaired) electrons. The number of nitrogens with one attached hydrogen (secondary N) is 1. The van der Waals surface area contributed by atoms with Crippen molar-refractivity contribution in [2.45, 2.75) is 40.3 Å². The van der Waals surface area contributed by atoms with Gasteiger partial charge in [0.15, 0.2) is 0 Å². The van der Waals surface area contributed by atoms with E-state index < -0.39 is 0 Å². The van der Waals surface area contributed by atoms with Crippen LogP contribution in [0.1, 0.15) is 39.6 Å². The van der Waals surface area contributed by atoms with E-state index in [2.05, 4.69) is 34.8 Å². The first-order valence-electron chi connectivity index (χ1n) is 6.71. The Morgan fingerprint density at radius 1 is 1.32 bits per heavy atom. The van der Waals surface area contributed by atoms with Crippen molar-refractivity contribution in [1.82, 2.24) is 14.9 Å². The highest BCUT2D eigenvalue weighted by Crippen LogP contribution is 2.22. The summed E-state index contributed by atoms with van der Waals surface area (Å²) in [5, 5.41) is 2.91. The molecule has 0 saturated carbocycles. The van der Waals surface area contributed by atoms with E-state index in [9.17, 15) is 4.79 Å². The molecule has 1 aromatic carbocycles. The molecule has 1 unspecified atom stereocenters. The number of para-hydroxylation sites is 2. The number of carbonyl (C=O) groups is 1. The Morgan fingerprint density at radius 3 is 2.63 bits per heavy atom. The van der Waals surface area contributed by atoms with Crippen molar-refractivity contribution in [3.05, 3.63) is 30.1 Å². The average Bonchev–Trinajstić information content (AvgIpc) is 2.67. The Morgan fingerprint density at radius 2 is 2.00 bits per heavy atom. The minimum atomic E-state index is -0.0800. The Balaban J connectivity index is 2.48. The van der Waals surface area contributed by atoms with Crippen LogP contribution in [0, 0.1) is 5.92 Å². The molecule has 4 heteroatoms. The van der Waals surface area contributed by atoms with Crippen LogP contribution in [0.4, 0.5) is 0 Å². The lowest BCUT2D eigenvalue weighted by Crippen LogP contribution is -2.26. The first-order chi connectivity index (χ1) is 8.99. The van der Waals surface area contributed by atoms with E-state index in [1.54, 1.807) is 0 Å². The molecule has 1 aromatic heterocycles. The van der Waals surface area contributed by atoms with Gasteiger partial charge in [0.1, 0.15) is 5.82 Å². The zero-order valence-electron chi connectivity index (χ0n) is 12.0. The van der Waals surface area contributed by atoms with Gasteiger partial charge < -0.3 is 9.88 Å². The van der Waals surface area contributed by atoms with Crippen LogP contribution in [0.2, 0.25) is 0 Å². The Kier molecular flexibility index (Phi) is 3.88. The van der Waals surface area contributed by atoms with Crippen LogP contribution in [-0.2, 0) is 11.3 Å². The second kappa shape index (κ2) is 5.43. The maximum absolute atomic E-state index is 11.2. The van der Waals surface area contributed by atoms with Crippen molar-refractivity contribution < 1.29 is 4.79 Å². The summed E-state index contributed by atoms with van der Waals surface area (Å²) in [5.74, 6) is 1.42. The lowest BCUT2D eigenvalue weighted by molar-refractivity contribution is -0.119. The van der Waals surface area contributed by atoms with E-state index in [1.807, 2.05) is 25.1 Å². The number of fused-ring (bicyclic) bond motifs is 1. The quantitative estimate of drug-likeness (QED) is 0.917. The van der Waals surface area contributed by atoms with Crippen LogP contribution in [0.3, 0.4) is 0 Å². The molecular weight excluding hydrogens is 238 g/mol. The van der Waals surface area contributed by atoms with Crippen LogP contribution in [0.5, 0.6) is 0 Å². The summed E-state index contributed by atoms with van der Waals surface area (Å²) >= 11 is 0. The van der Waals surface area contributed by atoms with E-state index >= 15 is 0 Å². The third-order valence-electron chi connectivity index (χ3n) is 3.04. The third-order valence-corrected chi connectivity index (χ3v) is 3.04. The van der Waals surface area contributed by atoms with Gasteiger partial charge in [0.2, 0.25) is 5.91 Å². The number of nitrogens with zero attached hydrogens (tertiary/aromatic N) is 2. The predicted octanol–water partition coefficient (Wildman–Crippen LogP) is 2.89. The Bertz CT molecular complexity index is 586. The summed E-state index contributed by atoms with van der Waals surface area (Å²) in [7, 11) is 0. The molecule has 1 atom stereocenters. The molecule has 0 saturated heterocycles. The minimum Gasteiger partial charge on any atom is -0.347 e. The molecule has 0 aliphatic heterocycles. The number of hydrogen-bond acceptors (Lipinski definition) is 2. The Labute approximate surface area is 113 Å². The maximum atomic E-state index is 11.2. The summed E-state index contributed by atoms with van der Waals surface area (Å²) in [6.07, 6.45) is 0. The summed E-state index contributed by atoms with van der Waals surface area (Å²) in [6.45, 7) is 8.77. The fourth-order valence-corrected chi connectivity index (χ4v) is 2.35. The van der Waals surface area contributed by atoms with E-state index in [1.165, 1.54) is 6.92 Å². The summed E-state index contributed by atoms with van der Waals surface area (Å²) < 4.78 is 2.21. The number of benzene rings is 1. The second-order valence-electron chi connectivity index (χ2n) is 5.39. The molecule has 0 fully saturated rings. The van der Waals surface area contributed by atoms with Gasteiger partial charge in [-0.05, 0) is 25.0 Å². The van der Waals surface area contributed by atoms with E-state index in [0.29, 0.717) is 5.92 Å². The lowest BCUT2D eigenvalue weighted by atomic mass is 10.2. The summed E-state index contributed by atoms with van der Waals surface area (Å²) in [5.41, 5.74) is 2.11. The molecule has 0 aliphatic carbocycles. The van der Waals surface area contributed by atoms with Crippen molar-refractivity contribution in [3.8, 4) is 0 Å². The van der Waals surface area contributed by atoms with Gasteiger partial charge in [0, 0.05) is 13.5 Å². The van der Waals surface area contributed by atoms with Crippen LogP contribution in [0.25, 0.3) is 11.0 Å². The predicted molar refractivity (Wildman–Crippen MR) is 76.8 cm³/mol. The fourth-order valence-electron chi connectivity index (χ4n) is 2.35. The van der Waals surface area contributed by atoms with Gasteiger partial charge >= 0.3 is 0 Å². The summed E-state index contributed by atoms with van der Waals surface area (Å²) in [6, 6.07) is 8.02. The SMILES string of the molecule is CC(=O)NC(C)c1nc2ccccc2n1CC(C)C. The monoisotopic (exact) mass is 259 g/mol. The highest BCUT2D eigenvalue weighted by Gasteiger charge is 2.17. The molecule has 0 bridgehead atoms. The van der Waals surface area contributed by atoms with Crippen molar-refractivity contribution in [1.29, 1.82) is 0 Å². The zero-order valence-corrected chi connectivity index (χ0v) is 12.0. The minimum absolute atomic E-state index is 0.0318. The molecule has 2 aromatic rings. The van der Waals surface area contributed by atoms with Gasteiger partial charge in [-0.3, -0.25) is 4.79 Å². The van der Waals surface area contributed by atoms with E-state index in [0.717, 1.165) is 23.4 Å². The number of hydrogen-bond donors (Lipinski definition) is 1. The standard InChI is InChI=1S/C15H21N3O/c1-10(2)9-18-14-8-6-5-7-13(14)17-15(18)11(3)16-12(4)19/h5-8,10-11H,9H2,1-4H3,(H,16,19). The Hall–Kier alpha value is -1.84. The van der Waals surface area contributed by atoms with Crippen molar-refractivity contribution >= 4 is 16.9 Å². The molecular formula is C15H21N3O. The van der Waals surface area contributed by atoms with Gasteiger partial charge in [0.25, 0.3) is 0 Å². The normalized spacial score (nSPS) is 12.9. The third kappa shape index (κ3) is 2.95. The zero-order chi connectivity index (χ0) is 14.0. The molecule has 102 valence electrons. The van der Waals surface area contributed by atoms with Gasteiger partial charge in [-0.1, -0.05) is 26.0 Å². The van der Waals surface area contributed by atoms with Crippen LogP contribution >= 0.6 is 0 Å². The molecule has 2 rings (SSSR count). The molecule has 1 N–H and O–H groups in total. The molecule has 0 spiro atoms. The highest BCUT2D eigenvalue weighted by molar-refractivity contribution is 5.77. The molecule has 1 amide bonds. The van der Waals surface area contributed by atoms with E-state index in [4.69, 9.17) is 0 Å². The number of carbonyl (C=O) groups excluding carboxylic acids is 1. The number of imidazole rings is 1. The largest absolute Gasteiger partial charge is 0.347 e. The fraction of sp³-hybridized carbons (Fsp3) is 0.467. The van der Waals surface area contributed by atoms with Crippen molar-refractivity contribution in [2.75, 3.05) is 0 Å². The van der Waals surface area contributed by atoms with Gasteiger partial charge in [-0.2, -0.15) is 0 Å². The van der Waals surface area contributed by atoms with Crippen molar-refractivity contribution in [3.63, 3.8) is 0 Å². The number of aromatic nitrogens is 2. The average molecular weight is 259 g/mol. The summed E-state index contributed by atoms with van der Waals surface area (Å²) in [4.78, 5) is 15.9. The van der Waals surface area contributed by atoms with Gasteiger partial charge in [0.05, 0.1) is 17.1 Å². The van der Waals surface area contributed by atoms with E-state index in [-0.39, 0.29) is 11.9 Å². The maximum Gasteiger partial charge on any atom is 0.217 e. The number of rotatable bonds is 4. The van der Waals surface area contributed by atoms with Gasteiger partial charge in [-0.15, -0.1) is 0 Å². The van der Waals surface area contributed by atoms with Crippen LogP contribution in [-0.4, -0.2) is 15.5 Å². The molecule has 19 heavy (non-hydrogen) atoms. The number of amides is 1. The lowest BCUT2D eigenvalue weighted by Gasteiger charge is -2.16. The highest BCUT2D eigenvalue weighted by atomic mass is 16.1. The smallest absolute Gasteiger partial charge is 0.217 e. The topological polar surface area (TPSA) is 46.9 Å². The van der Waals surface area contributed by atoms with Crippen molar-refractivity contribution in [2.24, 2.45) is 5.92 Å². The van der Waals surface area contributed by atoms with Crippen LogP contribution in [0.15, 0.2) is 24.3 Å². The second-order valence-corrected chi connectivity index (χ2v) is 5.39. The molecule has 0 aliphatic rings. The molecule has 4 nitrogen and oxygen atoms in total. The van der Waals surface area contributed by atoms with Crippen LogP contribution < -0.4 is 5.32 Å². The van der Waals surface area contributed by atoms with Gasteiger partial charge in [-0.25, -0.2) is 4.98 Å². The first-order valence-corrected chi connectivity index (χ1v) is 6.71.